The first-order chi connectivity index (χ1) is 9.29. The summed E-state index contributed by atoms with van der Waals surface area (Å²) in [7, 11) is 1.62. The van der Waals surface area contributed by atoms with Crippen LogP contribution in [0, 0.1) is 17.8 Å². The number of aliphatic imine (C=N–C) groups is 1. The molecule has 0 aliphatic heterocycles. The number of carbonyl (C=O) groups excluding carboxylic acids is 1. The van der Waals surface area contributed by atoms with Crippen molar-refractivity contribution in [3.8, 4) is 0 Å². The van der Waals surface area contributed by atoms with Crippen LogP contribution < -0.4 is 0 Å². The summed E-state index contributed by atoms with van der Waals surface area (Å²) in [6, 6.07) is 0. The zero-order chi connectivity index (χ0) is 15.4. The molecule has 0 saturated heterocycles. The van der Waals surface area contributed by atoms with E-state index in [9.17, 15) is 15.0 Å². The Morgan fingerprint density at radius 2 is 1.85 bits per heavy atom. The van der Waals surface area contributed by atoms with E-state index in [1.807, 2.05) is 13.8 Å². The van der Waals surface area contributed by atoms with Crippen molar-refractivity contribution in [2.45, 2.75) is 53.1 Å². The van der Waals surface area contributed by atoms with Crippen molar-refractivity contribution in [2.24, 2.45) is 22.7 Å². The van der Waals surface area contributed by atoms with Crippen LogP contribution in [0.4, 0.5) is 0 Å². The van der Waals surface area contributed by atoms with Crippen LogP contribution in [0.15, 0.2) is 16.3 Å². The van der Waals surface area contributed by atoms with E-state index in [-0.39, 0.29) is 17.1 Å². The molecule has 4 heteroatoms. The van der Waals surface area contributed by atoms with Gasteiger partial charge in [-0.1, -0.05) is 34.1 Å². The standard InChI is InChI=1S/C16H27NO3/c1-9(2)6-7-11-14(18)13(16(20)15(11)19)12(17-5)8-10(3)4/h9-11,15,18-19H,6-8H2,1-5H3. The second-order valence-corrected chi connectivity index (χ2v) is 6.42. The quantitative estimate of drug-likeness (QED) is 0.735. The summed E-state index contributed by atoms with van der Waals surface area (Å²) in [5, 5.41) is 20.4. The normalized spacial score (nSPS) is 24.4. The van der Waals surface area contributed by atoms with Crippen molar-refractivity contribution in [1.82, 2.24) is 0 Å². The third-order valence-corrected chi connectivity index (χ3v) is 3.72. The SMILES string of the molecule is CN=C(CC(C)C)C1=C(O)C(CCC(C)C)C(O)C1=O. The fraction of sp³-hybridized carbons (Fsp3) is 0.750. The summed E-state index contributed by atoms with van der Waals surface area (Å²) in [5.41, 5.74) is 0.857. The molecule has 1 aliphatic carbocycles. The molecular weight excluding hydrogens is 254 g/mol. The number of ketones is 1. The van der Waals surface area contributed by atoms with E-state index < -0.39 is 12.0 Å². The van der Waals surface area contributed by atoms with Gasteiger partial charge in [0.05, 0.1) is 11.5 Å². The molecule has 114 valence electrons. The Kier molecular flexibility index (Phi) is 5.93. The van der Waals surface area contributed by atoms with Crippen LogP contribution in [0.25, 0.3) is 0 Å². The van der Waals surface area contributed by atoms with Crippen LogP contribution in [0.2, 0.25) is 0 Å². The highest BCUT2D eigenvalue weighted by atomic mass is 16.3. The molecule has 0 heterocycles. The molecule has 2 N–H and O–H groups in total. The van der Waals surface area contributed by atoms with Gasteiger partial charge in [0, 0.05) is 12.8 Å². The van der Waals surface area contributed by atoms with E-state index in [0.717, 1.165) is 6.42 Å². The number of hydrogen-bond acceptors (Lipinski definition) is 4. The summed E-state index contributed by atoms with van der Waals surface area (Å²) in [6.07, 6.45) is 1.01. The molecule has 2 atom stereocenters. The first kappa shape index (κ1) is 16.9. The second-order valence-electron chi connectivity index (χ2n) is 6.42. The molecule has 0 aromatic heterocycles. The molecule has 0 radical (unpaired) electrons. The monoisotopic (exact) mass is 281 g/mol. The van der Waals surface area contributed by atoms with Gasteiger partial charge in [-0.05, 0) is 24.7 Å². The van der Waals surface area contributed by atoms with Gasteiger partial charge in [0.25, 0.3) is 0 Å². The van der Waals surface area contributed by atoms with Gasteiger partial charge in [0.1, 0.15) is 11.9 Å². The predicted octanol–water partition coefficient (Wildman–Crippen LogP) is 2.91. The van der Waals surface area contributed by atoms with Gasteiger partial charge < -0.3 is 10.2 Å². The van der Waals surface area contributed by atoms with Gasteiger partial charge in [-0.3, -0.25) is 9.79 Å². The van der Waals surface area contributed by atoms with E-state index in [1.54, 1.807) is 7.05 Å². The Labute approximate surface area is 121 Å². The fourth-order valence-corrected chi connectivity index (χ4v) is 2.58. The molecule has 0 saturated carbocycles. The van der Waals surface area contributed by atoms with Crippen molar-refractivity contribution in [3.63, 3.8) is 0 Å². The molecule has 20 heavy (non-hydrogen) atoms. The first-order valence-corrected chi connectivity index (χ1v) is 7.41. The molecule has 0 amide bonds. The predicted molar refractivity (Wildman–Crippen MR) is 81.0 cm³/mol. The highest BCUT2D eigenvalue weighted by molar-refractivity contribution is 6.25. The summed E-state index contributed by atoms with van der Waals surface area (Å²) >= 11 is 0. The molecule has 0 spiro atoms. The Bertz CT molecular complexity index is 421. The smallest absolute Gasteiger partial charge is 0.197 e. The van der Waals surface area contributed by atoms with Gasteiger partial charge in [-0.15, -0.1) is 0 Å². The average molecular weight is 281 g/mol. The molecule has 1 aliphatic rings. The van der Waals surface area contributed by atoms with E-state index >= 15 is 0 Å². The lowest BCUT2D eigenvalue weighted by atomic mass is 9.94. The highest BCUT2D eigenvalue weighted by Gasteiger charge is 2.42. The van der Waals surface area contributed by atoms with Crippen molar-refractivity contribution in [2.75, 3.05) is 7.05 Å². The Morgan fingerprint density at radius 1 is 1.25 bits per heavy atom. The van der Waals surface area contributed by atoms with Gasteiger partial charge >= 0.3 is 0 Å². The maximum atomic E-state index is 12.2. The zero-order valence-electron chi connectivity index (χ0n) is 13.2. The summed E-state index contributed by atoms with van der Waals surface area (Å²) in [6.45, 7) is 8.24. The largest absolute Gasteiger partial charge is 0.511 e. The lowest BCUT2D eigenvalue weighted by molar-refractivity contribution is -0.123. The van der Waals surface area contributed by atoms with Crippen LogP contribution in [-0.2, 0) is 4.79 Å². The van der Waals surface area contributed by atoms with Crippen LogP contribution in [0.5, 0.6) is 0 Å². The van der Waals surface area contributed by atoms with Crippen LogP contribution in [0.1, 0.15) is 47.0 Å². The summed E-state index contributed by atoms with van der Waals surface area (Å²) in [4.78, 5) is 16.3. The van der Waals surface area contributed by atoms with Crippen molar-refractivity contribution in [3.05, 3.63) is 11.3 Å². The van der Waals surface area contributed by atoms with Crippen LogP contribution in [-0.4, -0.2) is 34.9 Å². The topological polar surface area (TPSA) is 69.9 Å². The Balaban J connectivity index is 3.00. The molecule has 1 rings (SSSR count). The van der Waals surface area contributed by atoms with Gasteiger partial charge in [0.2, 0.25) is 0 Å². The van der Waals surface area contributed by atoms with Crippen LogP contribution in [0.3, 0.4) is 0 Å². The minimum absolute atomic E-state index is 0.0319. The van der Waals surface area contributed by atoms with E-state index in [0.29, 0.717) is 30.4 Å². The fourth-order valence-electron chi connectivity index (χ4n) is 2.58. The van der Waals surface area contributed by atoms with Crippen molar-refractivity contribution < 1.29 is 15.0 Å². The summed E-state index contributed by atoms with van der Waals surface area (Å²) < 4.78 is 0. The van der Waals surface area contributed by atoms with Crippen molar-refractivity contribution in [1.29, 1.82) is 0 Å². The third-order valence-electron chi connectivity index (χ3n) is 3.72. The van der Waals surface area contributed by atoms with E-state index in [4.69, 9.17) is 0 Å². The number of Topliss-reactive ketones (excluding diaryl/α,β-unsaturated/α-hetero) is 1. The summed E-state index contributed by atoms with van der Waals surface area (Å²) in [5.74, 6) is 0.00324. The Morgan fingerprint density at radius 3 is 2.30 bits per heavy atom. The first-order valence-electron chi connectivity index (χ1n) is 7.41. The Hall–Kier alpha value is -1.16. The number of aliphatic hydroxyl groups is 2. The molecular formula is C16H27NO3. The second kappa shape index (κ2) is 7.02. The van der Waals surface area contributed by atoms with Crippen LogP contribution >= 0.6 is 0 Å². The molecule has 4 nitrogen and oxygen atoms in total. The molecule has 0 aromatic carbocycles. The minimum atomic E-state index is -1.12. The maximum absolute atomic E-state index is 12.2. The molecule has 0 aromatic rings. The van der Waals surface area contributed by atoms with Gasteiger partial charge in [-0.2, -0.15) is 0 Å². The number of rotatable bonds is 6. The third kappa shape index (κ3) is 3.69. The van der Waals surface area contributed by atoms with E-state index in [1.165, 1.54) is 0 Å². The number of aliphatic hydroxyl groups excluding tert-OH is 2. The van der Waals surface area contributed by atoms with E-state index in [2.05, 4.69) is 18.8 Å². The number of carbonyl (C=O) groups is 1. The molecule has 0 bridgehead atoms. The maximum Gasteiger partial charge on any atom is 0.197 e. The molecule has 0 fully saturated rings. The highest BCUT2D eigenvalue weighted by Crippen LogP contribution is 2.34. The molecule has 2 unspecified atom stereocenters. The lowest BCUT2D eigenvalue weighted by Gasteiger charge is -2.15. The average Bonchev–Trinajstić information content (AvgIpc) is 2.56. The van der Waals surface area contributed by atoms with Gasteiger partial charge in [-0.25, -0.2) is 0 Å². The minimum Gasteiger partial charge on any atom is -0.511 e. The zero-order valence-corrected chi connectivity index (χ0v) is 13.2. The number of hydrogen-bond donors (Lipinski definition) is 2. The number of nitrogens with zero attached hydrogens (tertiary/aromatic N) is 1. The van der Waals surface area contributed by atoms with Gasteiger partial charge in [0.15, 0.2) is 5.78 Å². The van der Waals surface area contributed by atoms with Crippen molar-refractivity contribution >= 4 is 11.5 Å². The lowest BCUT2D eigenvalue weighted by Crippen LogP contribution is -2.25.